The zero-order valence-electron chi connectivity index (χ0n) is 15.4. The summed E-state index contributed by atoms with van der Waals surface area (Å²) in [6.07, 6.45) is 1.30. The summed E-state index contributed by atoms with van der Waals surface area (Å²) >= 11 is 0. The fourth-order valence-electron chi connectivity index (χ4n) is 2.66. The van der Waals surface area contributed by atoms with E-state index in [0.29, 0.717) is 5.92 Å². The molecule has 0 atom stereocenters. The van der Waals surface area contributed by atoms with Crippen LogP contribution in [-0.4, -0.2) is 14.9 Å². The highest BCUT2D eigenvalue weighted by Gasteiger charge is 2.23. The van der Waals surface area contributed by atoms with Gasteiger partial charge in [-0.05, 0) is 42.2 Å². The van der Waals surface area contributed by atoms with Gasteiger partial charge in [-0.15, -0.1) is 0 Å². The van der Waals surface area contributed by atoms with Crippen LogP contribution in [0.2, 0.25) is 0 Å². The van der Waals surface area contributed by atoms with Crippen molar-refractivity contribution >= 4 is 28.7 Å². The molecule has 0 amide bonds. The van der Waals surface area contributed by atoms with E-state index >= 15 is 0 Å². The summed E-state index contributed by atoms with van der Waals surface area (Å²) in [6, 6.07) is 15.3. The lowest BCUT2D eigenvalue weighted by Gasteiger charge is -2.12. The highest BCUT2D eigenvalue weighted by atomic mass is 16.6. The molecule has 0 radical (unpaired) electrons. The zero-order chi connectivity index (χ0) is 19.4. The van der Waals surface area contributed by atoms with Crippen LogP contribution < -0.4 is 10.6 Å². The highest BCUT2D eigenvalue weighted by Crippen LogP contribution is 2.33. The lowest BCUT2D eigenvalue weighted by Crippen LogP contribution is -2.06. The van der Waals surface area contributed by atoms with Crippen LogP contribution in [0.25, 0.3) is 0 Å². The molecule has 0 saturated carbocycles. The Labute approximate surface area is 157 Å². The van der Waals surface area contributed by atoms with Crippen molar-refractivity contribution < 1.29 is 4.92 Å². The molecular weight excluding hydrogens is 342 g/mol. The molecule has 0 bridgehead atoms. The number of nitrogens with zero attached hydrogens (tertiary/aromatic N) is 3. The summed E-state index contributed by atoms with van der Waals surface area (Å²) in [6.45, 7) is 6.15. The number of rotatable bonds is 6. The molecule has 1 heterocycles. The van der Waals surface area contributed by atoms with Crippen molar-refractivity contribution in [1.29, 1.82) is 0 Å². The third kappa shape index (κ3) is 4.20. The predicted molar refractivity (Wildman–Crippen MR) is 107 cm³/mol. The maximum absolute atomic E-state index is 11.7. The maximum Gasteiger partial charge on any atom is 0.353 e. The van der Waals surface area contributed by atoms with E-state index < -0.39 is 4.92 Å². The van der Waals surface area contributed by atoms with Gasteiger partial charge in [0.05, 0.1) is 4.92 Å². The molecule has 0 aliphatic carbocycles. The molecular formula is C20H21N5O2. The Balaban J connectivity index is 1.94. The molecule has 3 rings (SSSR count). The van der Waals surface area contributed by atoms with E-state index in [2.05, 4.69) is 34.4 Å². The quantitative estimate of drug-likeness (QED) is 0.456. The Morgan fingerprint density at radius 2 is 1.59 bits per heavy atom. The van der Waals surface area contributed by atoms with Gasteiger partial charge in [0.2, 0.25) is 11.6 Å². The van der Waals surface area contributed by atoms with Gasteiger partial charge in [0.1, 0.15) is 6.33 Å². The first-order valence-corrected chi connectivity index (χ1v) is 8.64. The van der Waals surface area contributed by atoms with Gasteiger partial charge < -0.3 is 10.6 Å². The zero-order valence-corrected chi connectivity index (χ0v) is 15.4. The first-order chi connectivity index (χ1) is 13.0. The van der Waals surface area contributed by atoms with Gasteiger partial charge in [0.15, 0.2) is 0 Å². The second-order valence-corrected chi connectivity index (χ2v) is 6.52. The van der Waals surface area contributed by atoms with E-state index in [1.807, 2.05) is 55.5 Å². The molecule has 0 saturated heterocycles. The lowest BCUT2D eigenvalue weighted by atomic mass is 10.0. The SMILES string of the molecule is Cc1ccccc1Nc1ncnc(Nc2ccc(C(C)C)cc2)c1[N+](=O)[O-]. The topological polar surface area (TPSA) is 93.0 Å². The molecule has 0 aliphatic rings. The first kappa shape index (κ1) is 18.3. The molecule has 0 spiro atoms. The number of aromatic nitrogens is 2. The van der Waals surface area contributed by atoms with Crippen molar-refractivity contribution in [2.45, 2.75) is 26.7 Å². The first-order valence-electron chi connectivity index (χ1n) is 8.64. The van der Waals surface area contributed by atoms with Gasteiger partial charge >= 0.3 is 5.69 Å². The highest BCUT2D eigenvalue weighted by molar-refractivity contribution is 5.77. The number of anilines is 4. The molecule has 3 aromatic rings. The summed E-state index contributed by atoms with van der Waals surface area (Å²) in [4.78, 5) is 19.4. The average molecular weight is 363 g/mol. The Hall–Kier alpha value is -3.48. The smallest absolute Gasteiger partial charge is 0.334 e. The monoisotopic (exact) mass is 363 g/mol. The van der Waals surface area contributed by atoms with Crippen molar-refractivity contribution in [2.24, 2.45) is 0 Å². The number of hydrogen-bond donors (Lipinski definition) is 2. The molecule has 2 N–H and O–H groups in total. The molecule has 1 aromatic heterocycles. The number of benzene rings is 2. The number of hydrogen-bond acceptors (Lipinski definition) is 6. The minimum absolute atomic E-state index is 0.142. The van der Waals surface area contributed by atoms with Crippen molar-refractivity contribution in [2.75, 3.05) is 10.6 Å². The standard InChI is InChI=1S/C20H21N5O2/c1-13(2)15-8-10-16(11-9-15)23-19-18(25(26)27)20(22-12-21-19)24-17-7-5-4-6-14(17)3/h4-13H,1-3H3,(H2,21,22,23,24). The van der Waals surface area contributed by atoms with Crippen LogP contribution in [0.3, 0.4) is 0 Å². The van der Waals surface area contributed by atoms with Crippen LogP contribution in [0.15, 0.2) is 54.9 Å². The van der Waals surface area contributed by atoms with E-state index in [-0.39, 0.29) is 17.3 Å². The van der Waals surface area contributed by atoms with Gasteiger partial charge in [-0.2, -0.15) is 0 Å². The second kappa shape index (κ2) is 7.82. The molecule has 0 unspecified atom stereocenters. The molecule has 7 nitrogen and oxygen atoms in total. The number of nitro groups is 1. The van der Waals surface area contributed by atoms with Gasteiger partial charge in [0, 0.05) is 11.4 Å². The van der Waals surface area contributed by atoms with Crippen molar-refractivity contribution in [1.82, 2.24) is 9.97 Å². The number of aryl methyl sites for hydroxylation is 1. The normalized spacial score (nSPS) is 10.7. The van der Waals surface area contributed by atoms with Gasteiger partial charge in [-0.1, -0.05) is 44.2 Å². The van der Waals surface area contributed by atoms with Gasteiger partial charge in [-0.25, -0.2) is 9.97 Å². The minimum atomic E-state index is -0.481. The maximum atomic E-state index is 11.7. The van der Waals surface area contributed by atoms with Gasteiger partial charge in [-0.3, -0.25) is 10.1 Å². The molecule has 0 aliphatic heterocycles. The van der Waals surface area contributed by atoms with Crippen LogP contribution in [0, 0.1) is 17.0 Å². The summed E-state index contributed by atoms with van der Waals surface area (Å²) in [5.41, 5.74) is 3.44. The Morgan fingerprint density at radius 3 is 2.19 bits per heavy atom. The van der Waals surface area contributed by atoms with E-state index in [9.17, 15) is 10.1 Å². The van der Waals surface area contributed by atoms with Crippen LogP contribution in [-0.2, 0) is 0 Å². The van der Waals surface area contributed by atoms with Crippen molar-refractivity contribution in [3.8, 4) is 0 Å². The third-order valence-corrected chi connectivity index (χ3v) is 4.24. The fourth-order valence-corrected chi connectivity index (χ4v) is 2.66. The van der Waals surface area contributed by atoms with E-state index in [1.165, 1.54) is 11.9 Å². The summed E-state index contributed by atoms with van der Waals surface area (Å²) in [7, 11) is 0. The second-order valence-electron chi connectivity index (χ2n) is 6.52. The van der Waals surface area contributed by atoms with Crippen molar-refractivity contribution in [3.05, 3.63) is 76.1 Å². The molecule has 27 heavy (non-hydrogen) atoms. The summed E-state index contributed by atoms with van der Waals surface area (Å²) in [5.74, 6) is 0.700. The van der Waals surface area contributed by atoms with Crippen LogP contribution in [0.5, 0.6) is 0 Å². The van der Waals surface area contributed by atoms with Gasteiger partial charge in [0.25, 0.3) is 0 Å². The number of nitrogens with one attached hydrogen (secondary N) is 2. The largest absolute Gasteiger partial charge is 0.353 e. The Morgan fingerprint density at radius 1 is 0.963 bits per heavy atom. The lowest BCUT2D eigenvalue weighted by molar-refractivity contribution is -0.383. The Kier molecular flexibility index (Phi) is 5.30. The Bertz CT molecular complexity index is 955. The molecule has 138 valence electrons. The van der Waals surface area contributed by atoms with Crippen molar-refractivity contribution in [3.63, 3.8) is 0 Å². The summed E-state index contributed by atoms with van der Waals surface area (Å²) < 4.78 is 0. The van der Waals surface area contributed by atoms with E-state index in [0.717, 1.165) is 16.9 Å². The third-order valence-electron chi connectivity index (χ3n) is 4.24. The summed E-state index contributed by atoms with van der Waals surface area (Å²) in [5, 5.41) is 17.8. The molecule has 0 fully saturated rings. The predicted octanol–water partition coefficient (Wildman–Crippen LogP) is 5.30. The average Bonchev–Trinajstić information content (AvgIpc) is 2.64. The van der Waals surface area contributed by atoms with Crippen LogP contribution in [0.1, 0.15) is 30.9 Å². The molecule has 7 heteroatoms. The number of para-hydroxylation sites is 1. The minimum Gasteiger partial charge on any atom is -0.334 e. The van der Waals surface area contributed by atoms with Crippen LogP contribution >= 0.6 is 0 Å². The van der Waals surface area contributed by atoms with Crippen LogP contribution in [0.4, 0.5) is 28.7 Å². The van der Waals surface area contributed by atoms with E-state index in [1.54, 1.807) is 0 Å². The molecule has 2 aromatic carbocycles. The fraction of sp³-hybridized carbons (Fsp3) is 0.200. The van der Waals surface area contributed by atoms with E-state index in [4.69, 9.17) is 0 Å².